The largest absolute Gasteiger partial charge is 0.478 e. The van der Waals surface area contributed by atoms with Gasteiger partial charge in [-0.1, -0.05) is 11.6 Å². The zero-order valence-electron chi connectivity index (χ0n) is 18.5. The van der Waals surface area contributed by atoms with Crippen LogP contribution in [0.5, 0.6) is 5.88 Å². The molecule has 1 aliphatic heterocycles. The van der Waals surface area contributed by atoms with E-state index >= 15 is 0 Å². The molecule has 7 nitrogen and oxygen atoms in total. The number of nitrogens with zero attached hydrogens (tertiary/aromatic N) is 4. The highest BCUT2D eigenvalue weighted by Gasteiger charge is 2.33. The van der Waals surface area contributed by atoms with Crippen LogP contribution in [0.1, 0.15) is 49.0 Å². The summed E-state index contributed by atoms with van der Waals surface area (Å²) in [4.78, 5) is 21.5. The van der Waals surface area contributed by atoms with E-state index in [1.54, 1.807) is 24.4 Å². The van der Waals surface area contributed by atoms with Crippen LogP contribution < -0.4 is 9.64 Å². The van der Waals surface area contributed by atoms with Gasteiger partial charge in [-0.25, -0.2) is 4.98 Å². The lowest BCUT2D eigenvalue weighted by molar-refractivity contribution is 0.0644. The molecule has 0 aliphatic carbocycles. The minimum Gasteiger partial charge on any atom is -0.478 e. The topological polar surface area (TPSA) is 89.7 Å². The van der Waals surface area contributed by atoms with Crippen LogP contribution >= 0.6 is 11.6 Å². The van der Waals surface area contributed by atoms with Crippen LogP contribution in [0.15, 0.2) is 36.5 Å². The Morgan fingerprint density at radius 1 is 1.22 bits per heavy atom. The van der Waals surface area contributed by atoms with Gasteiger partial charge in [0.15, 0.2) is 0 Å². The predicted octanol–water partition coefficient (Wildman–Crippen LogP) is 3.89. The molecule has 0 unspecified atom stereocenters. The summed E-state index contributed by atoms with van der Waals surface area (Å²) in [5, 5.41) is 18.3. The number of carbonyl (C=O) groups excluding carboxylic acids is 1. The van der Waals surface area contributed by atoms with Gasteiger partial charge in [-0.2, -0.15) is 5.26 Å². The van der Waals surface area contributed by atoms with Crippen molar-refractivity contribution in [2.75, 3.05) is 31.2 Å². The van der Waals surface area contributed by atoms with E-state index in [1.807, 2.05) is 24.0 Å². The number of amides is 1. The van der Waals surface area contributed by atoms with E-state index in [9.17, 15) is 4.79 Å². The number of nitriles is 1. The Labute approximate surface area is 194 Å². The predicted molar refractivity (Wildman–Crippen MR) is 124 cm³/mol. The van der Waals surface area contributed by atoms with Gasteiger partial charge >= 0.3 is 0 Å². The lowest BCUT2D eigenvalue weighted by Crippen LogP contribution is -2.58. The number of benzene rings is 1. The molecule has 0 saturated carbocycles. The number of aliphatic hydroxyl groups excluding tert-OH is 1. The van der Waals surface area contributed by atoms with Crippen LogP contribution in [0.25, 0.3) is 0 Å². The number of unbranched alkanes of at least 4 members (excludes halogenated alkanes) is 2. The summed E-state index contributed by atoms with van der Waals surface area (Å²) in [6, 6.07) is 11.1. The fourth-order valence-corrected chi connectivity index (χ4v) is 4.09. The quantitative estimate of drug-likeness (QED) is 0.606. The average molecular weight is 457 g/mol. The SMILES string of the molecule is C[C@@H]1CN(c2ccc(C#N)c(Cl)c2)[C@@H](C)CN1C(=O)c1ccc(OCCCCCO)nc1. The normalized spacial score (nSPS) is 18.3. The Morgan fingerprint density at radius 3 is 2.69 bits per heavy atom. The standard InChI is InChI=1S/C24H29ClN4O3/c1-17-16-29(18(2)15-28(17)21-8-6-19(13-26)22(25)12-21)24(31)20-7-9-23(27-14-20)32-11-5-3-4-10-30/h6-9,12,14,17-18,30H,3-5,10-11,15-16H2,1-2H3/t17-,18+/m0/s1. The van der Waals surface area contributed by atoms with Crippen molar-refractivity contribution >= 4 is 23.2 Å². The van der Waals surface area contributed by atoms with Crippen LogP contribution in [0, 0.1) is 11.3 Å². The highest BCUT2D eigenvalue weighted by atomic mass is 35.5. The van der Waals surface area contributed by atoms with E-state index < -0.39 is 0 Å². The summed E-state index contributed by atoms with van der Waals surface area (Å²) < 4.78 is 5.60. The third-order valence-electron chi connectivity index (χ3n) is 5.69. The van der Waals surface area contributed by atoms with Crippen molar-refractivity contribution < 1.29 is 14.6 Å². The van der Waals surface area contributed by atoms with E-state index in [1.165, 1.54) is 0 Å². The Kier molecular flexibility index (Phi) is 8.32. The number of anilines is 1. The molecule has 0 radical (unpaired) electrons. The molecule has 170 valence electrons. The van der Waals surface area contributed by atoms with Gasteiger partial charge < -0.3 is 19.6 Å². The molecule has 1 amide bonds. The number of pyridine rings is 1. The molecule has 2 aromatic rings. The summed E-state index contributed by atoms with van der Waals surface area (Å²) in [6.07, 6.45) is 4.10. The zero-order valence-corrected chi connectivity index (χ0v) is 19.3. The molecule has 1 N–H and O–H groups in total. The lowest BCUT2D eigenvalue weighted by atomic mass is 10.0. The summed E-state index contributed by atoms with van der Waals surface area (Å²) >= 11 is 6.22. The van der Waals surface area contributed by atoms with Gasteiger partial charge in [0, 0.05) is 49.7 Å². The van der Waals surface area contributed by atoms with Crippen LogP contribution in [0.3, 0.4) is 0 Å². The van der Waals surface area contributed by atoms with Gasteiger partial charge in [0.2, 0.25) is 5.88 Å². The first kappa shape index (κ1) is 23.8. The molecular formula is C24H29ClN4O3. The van der Waals surface area contributed by atoms with E-state index in [0.717, 1.165) is 24.9 Å². The molecule has 2 heterocycles. The van der Waals surface area contributed by atoms with Gasteiger partial charge in [-0.15, -0.1) is 0 Å². The molecule has 0 spiro atoms. The fourth-order valence-electron chi connectivity index (χ4n) is 3.87. The molecule has 1 aromatic heterocycles. The van der Waals surface area contributed by atoms with Crippen LogP contribution in [0.2, 0.25) is 5.02 Å². The van der Waals surface area contributed by atoms with E-state index in [0.29, 0.717) is 41.7 Å². The van der Waals surface area contributed by atoms with Crippen LogP contribution in [-0.2, 0) is 0 Å². The van der Waals surface area contributed by atoms with Gasteiger partial charge in [0.1, 0.15) is 6.07 Å². The number of ether oxygens (including phenoxy) is 1. The van der Waals surface area contributed by atoms with Gasteiger partial charge in [-0.3, -0.25) is 4.79 Å². The van der Waals surface area contributed by atoms with Crippen molar-refractivity contribution in [3.05, 3.63) is 52.7 Å². The number of piperazine rings is 1. The lowest BCUT2D eigenvalue weighted by Gasteiger charge is -2.45. The number of halogens is 1. The molecule has 32 heavy (non-hydrogen) atoms. The van der Waals surface area contributed by atoms with E-state index in [4.69, 9.17) is 26.7 Å². The third kappa shape index (κ3) is 5.70. The van der Waals surface area contributed by atoms with Gasteiger partial charge in [-0.05, 0) is 57.4 Å². The molecule has 0 bridgehead atoms. The second-order valence-corrected chi connectivity index (χ2v) is 8.51. The average Bonchev–Trinajstić information content (AvgIpc) is 2.80. The molecule has 1 aromatic carbocycles. The summed E-state index contributed by atoms with van der Waals surface area (Å²) in [7, 11) is 0. The maximum atomic E-state index is 13.1. The minimum absolute atomic E-state index is 0.00410. The second-order valence-electron chi connectivity index (χ2n) is 8.10. The first-order valence-electron chi connectivity index (χ1n) is 10.9. The Morgan fingerprint density at radius 2 is 2.03 bits per heavy atom. The van der Waals surface area contributed by atoms with Crippen LogP contribution in [0.4, 0.5) is 5.69 Å². The number of aromatic nitrogens is 1. The van der Waals surface area contributed by atoms with Crippen molar-refractivity contribution in [1.82, 2.24) is 9.88 Å². The van der Waals surface area contributed by atoms with Crippen molar-refractivity contribution in [2.24, 2.45) is 0 Å². The maximum Gasteiger partial charge on any atom is 0.255 e. The first-order chi connectivity index (χ1) is 15.4. The van der Waals surface area contributed by atoms with Gasteiger partial charge in [0.25, 0.3) is 5.91 Å². The second kappa shape index (κ2) is 11.2. The molecule has 1 aliphatic rings. The smallest absolute Gasteiger partial charge is 0.255 e. The Hall–Kier alpha value is -2.82. The number of hydrogen-bond donors (Lipinski definition) is 1. The summed E-state index contributed by atoms with van der Waals surface area (Å²) in [5.74, 6) is 0.443. The fraction of sp³-hybridized carbons (Fsp3) is 0.458. The molecule has 8 heteroatoms. The molecule has 1 saturated heterocycles. The molecule has 2 atom stereocenters. The van der Waals surface area contributed by atoms with Crippen molar-refractivity contribution in [2.45, 2.75) is 45.2 Å². The summed E-state index contributed by atoms with van der Waals surface area (Å²) in [5.41, 5.74) is 1.93. The highest BCUT2D eigenvalue weighted by Crippen LogP contribution is 2.28. The number of hydrogen-bond acceptors (Lipinski definition) is 6. The number of rotatable bonds is 8. The molecular weight excluding hydrogens is 428 g/mol. The van der Waals surface area contributed by atoms with Gasteiger partial charge in [0.05, 0.1) is 22.8 Å². The highest BCUT2D eigenvalue weighted by molar-refractivity contribution is 6.32. The van der Waals surface area contributed by atoms with E-state index in [-0.39, 0.29) is 24.6 Å². The van der Waals surface area contributed by atoms with E-state index in [2.05, 4.69) is 22.9 Å². The Bertz CT molecular complexity index is 961. The molecule has 1 fully saturated rings. The van der Waals surface area contributed by atoms with Crippen molar-refractivity contribution in [3.8, 4) is 11.9 Å². The minimum atomic E-state index is -0.0520. The molecule has 3 rings (SSSR count). The summed E-state index contributed by atoms with van der Waals surface area (Å²) in [6.45, 7) is 6.07. The monoisotopic (exact) mass is 456 g/mol. The van der Waals surface area contributed by atoms with Crippen LogP contribution in [-0.4, -0.2) is 59.3 Å². The van der Waals surface area contributed by atoms with Crippen molar-refractivity contribution in [3.63, 3.8) is 0 Å². The number of carbonyl (C=O) groups is 1. The maximum absolute atomic E-state index is 13.1. The number of aliphatic hydroxyl groups is 1. The third-order valence-corrected chi connectivity index (χ3v) is 6.00. The first-order valence-corrected chi connectivity index (χ1v) is 11.3. The van der Waals surface area contributed by atoms with Crippen molar-refractivity contribution in [1.29, 1.82) is 5.26 Å². The zero-order chi connectivity index (χ0) is 23.1. The Balaban J connectivity index is 1.61.